The van der Waals surface area contributed by atoms with Crippen LogP contribution in [-0.2, 0) is 9.53 Å². The Hall–Kier alpha value is -1.61. The zero-order valence-corrected chi connectivity index (χ0v) is 12.9. The molecule has 0 aliphatic heterocycles. The summed E-state index contributed by atoms with van der Waals surface area (Å²) in [4.78, 5) is 10.7. The van der Waals surface area contributed by atoms with Gasteiger partial charge in [0.05, 0.1) is 0 Å². The lowest BCUT2D eigenvalue weighted by molar-refractivity contribution is -0.112. The number of carbonyl (C=O) groups excluding carboxylic acids is 1. The maximum Gasteiger partial charge on any atom is 0.188 e. The van der Waals surface area contributed by atoms with Gasteiger partial charge in [-0.25, -0.2) is 0 Å². The van der Waals surface area contributed by atoms with Crippen LogP contribution in [0.2, 0.25) is 0 Å². The molecule has 0 saturated carbocycles. The largest absolute Gasteiger partial charge is 0.468 e. The lowest BCUT2D eigenvalue weighted by Gasteiger charge is -2.03. The van der Waals surface area contributed by atoms with Gasteiger partial charge in [-0.3, -0.25) is 4.79 Å². The number of rotatable bonds is 5. The van der Waals surface area contributed by atoms with Gasteiger partial charge in [0, 0.05) is 7.11 Å². The second-order valence-corrected chi connectivity index (χ2v) is 3.06. The van der Waals surface area contributed by atoms with E-state index in [1.54, 1.807) is 13.2 Å². The van der Waals surface area contributed by atoms with E-state index in [0.29, 0.717) is 0 Å². The highest BCUT2D eigenvalue weighted by Gasteiger charge is 1.92. The molecule has 0 radical (unpaired) electrons. The third-order valence-corrected chi connectivity index (χ3v) is 1.73. The highest BCUT2D eigenvalue weighted by Crippen LogP contribution is 2.12. The number of allylic oxidation sites excluding steroid dienone is 1. The maximum absolute atomic E-state index is 10.7. The van der Waals surface area contributed by atoms with E-state index in [0.717, 1.165) is 11.3 Å². The molecule has 0 amide bonds. The smallest absolute Gasteiger partial charge is 0.188 e. The Kier molecular flexibility index (Phi) is 15.0. The molecular weight excluding hydrogens is 240 g/mol. The molecule has 108 valence electrons. The van der Waals surface area contributed by atoms with Gasteiger partial charge in [0.15, 0.2) is 12.6 Å². The number of ether oxygens (including phenoxy) is 2. The number of ketones is 1. The molecule has 1 rings (SSSR count). The van der Waals surface area contributed by atoms with Crippen LogP contribution in [0.5, 0.6) is 5.75 Å². The molecule has 19 heavy (non-hydrogen) atoms. The van der Waals surface area contributed by atoms with Gasteiger partial charge in [-0.05, 0) is 30.7 Å². The van der Waals surface area contributed by atoms with E-state index in [1.807, 2.05) is 52.0 Å². The minimum atomic E-state index is 0.0368. The van der Waals surface area contributed by atoms with E-state index < -0.39 is 0 Å². The fourth-order valence-corrected chi connectivity index (χ4v) is 1.02. The molecule has 0 bridgehead atoms. The minimum absolute atomic E-state index is 0.0368. The molecule has 0 saturated heterocycles. The summed E-state index contributed by atoms with van der Waals surface area (Å²) in [7, 11) is 1.57. The number of methoxy groups -OCH3 is 1. The summed E-state index contributed by atoms with van der Waals surface area (Å²) in [6.07, 6.45) is 3.30. The van der Waals surface area contributed by atoms with Crippen LogP contribution in [0.25, 0.3) is 6.08 Å². The Morgan fingerprint density at radius 1 is 1.11 bits per heavy atom. The molecule has 0 unspecified atom stereocenters. The van der Waals surface area contributed by atoms with E-state index >= 15 is 0 Å². The molecule has 0 aromatic heterocycles. The summed E-state index contributed by atoms with van der Waals surface area (Å²) in [5, 5.41) is 0. The normalized spacial score (nSPS) is 8.95. The molecule has 0 heterocycles. The van der Waals surface area contributed by atoms with E-state index in [1.165, 1.54) is 13.0 Å². The van der Waals surface area contributed by atoms with E-state index in [2.05, 4.69) is 0 Å². The zero-order valence-electron chi connectivity index (χ0n) is 12.9. The van der Waals surface area contributed by atoms with E-state index in [4.69, 9.17) is 9.47 Å². The minimum Gasteiger partial charge on any atom is -0.468 e. The monoisotopic (exact) mass is 266 g/mol. The first-order valence-electron chi connectivity index (χ1n) is 6.63. The SMILES string of the molecule is CC.CC.COCOc1ccc(/C=C/C(C)=O)cc1. The van der Waals surface area contributed by atoms with Gasteiger partial charge in [0.2, 0.25) is 0 Å². The third kappa shape index (κ3) is 11.2. The van der Waals surface area contributed by atoms with Crippen LogP contribution in [0.3, 0.4) is 0 Å². The summed E-state index contributed by atoms with van der Waals surface area (Å²) in [6.45, 7) is 9.76. The summed E-state index contributed by atoms with van der Waals surface area (Å²) >= 11 is 0. The van der Waals surface area contributed by atoms with Gasteiger partial charge >= 0.3 is 0 Å². The molecule has 3 nitrogen and oxygen atoms in total. The predicted molar refractivity (Wildman–Crippen MR) is 81.4 cm³/mol. The van der Waals surface area contributed by atoms with Crippen molar-refractivity contribution >= 4 is 11.9 Å². The Morgan fingerprint density at radius 2 is 1.63 bits per heavy atom. The molecule has 0 atom stereocenters. The molecule has 1 aromatic rings. The van der Waals surface area contributed by atoms with Gasteiger partial charge in [-0.1, -0.05) is 45.9 Å². The first kappa shape index (κ1) is 19.7. The predicted octanol–water partition coefficient (Wildman–Crippen LogP) is 4.32. The summed E-state index contributed by atoms with van der Waals surface area (Å²) in [5.41, 5.74) is 0.968. The number of hydrogen-bond donors (Lipinski definition) is 0. The fraction of sp³-hybridized carbons (Fsp3) is 0.438. The van der Waals surface area contributed by atoms with Crippen molar-refractivity contribution in [2.75, 3.05) is 13.9 Å². The highest BCUT2D eigenvalue weighted by molar-refractivity contribution is 5.91. The summed E-state index contributed by atoms with van der Waals surface area (Å²) in [5.74, 6) is 0.784. The Morgan fingerprint density at radius 3 is 2.05 bits per heavy atom. The molecule has 0 aliphatic rings. The van der Waals surface area contributed by atoms with E-state index in [-0.39, 0.29) is 12.6 Å². The molecule has 1 aromatic carbocycles. The van der Waals surface area contributed by atoms with Crippen LogP contribution in [0.15, 0.2) is 30.3 Å². The zero-order chi connectivity index (χ0) is 15.1. The second kappa shape index (κ2) is 14.5. The second-order valence-electron chi connectivity index (χ2n) is 3.06. The quantitative estimate of drug-likeness (QED) is 0.588. The Labute approximate surface area is 117 Å². The van der Waals surface area contributed by atoms with Crippen LogP contribution in [0, 0.1) is 0 Å². The lowest BCUT2D eigenvalue weighted by Crippen LogP contribution is -1.98. The standard InChI is InChI=1S/C12H14O3.2C2H6/c1-10(13)3-4-11-5-7-12(8-6-11)15-9-14-2;2*1-2/h3-8H,9H2,1-2H3;2*1-2H3/b4-3+;;. The van der Waals surface area contributed by atoms with Gasteiger partial charge in [-0.2, -0.15) is 0 Å². The van der Waals surface area contributed by atoms with Crippen LogP contribution in [0.4, 0.5) is 0 Å². The van der Waals surface area contributed by atoms with Gasteiger partial charge in [-0.15, -0.1) is 0 Å². The molecule has 3 heteroatoms. The highest BCUT2D eigenvalue weighted by atomic mass is 16.7. The summed E-state index contributed by atoms with van der Waals surface area (Å²) in [6, 6.07) is 7.42. The third-order valence-electron chi connectivity index (χ3n) is 1.73. The molecule has 0 aliphatic carbocycles. The van der Waals surface area contributed by atoms with Crippen molar-refractivity contribution in [3.63, 3.8) is 0 Å². The van der Waals surface area contributed by atoms with Crippen molar-refractivity contribution in [3.8, 4) is 5.75 Å². The van der Waals surface area contributed by atoms with Gasteiger partial charge < -0.3 is 9.47 Å². The molecule has 0 N–H and O–H groups in total. The van der Waals surface area contributed by atoms with Gasteiger partial charge in [0.1, 0.15) is 5.75 Å². The van der Waals surface area contributed by atoms with Crippen LogP contribution in [-0.4, -0.2) is 19.7 Å². The van der Waals surface area contributed by atoms with E-state index in [9.17, 15) is 4.79 Å². The van der Waals surface area contributed by atoms with Crippen LogP contribution in [0.1, 0.15) is 40.2 Å². The fourth-order valence-electron chi connectivity index (χ4n) is 1.02. The Balaban J connectivity index is 0. The van der Waals surface area contributed by atoms with Crippen molar-refractivity contribution < 1.29 is 14.3 Å². The maximum atomic E-state index is 10.7. The van der Waals surface area contributed by atoms with Crippen molar-refractivity contribution in [3.05, 3.63) is 35.9 Å². The topological polar surface area (TPSA) is 35.5 Å². The average Bonchev–Trinajstić information content (AvgIpc) is 2.48. The van der Waals surface area contributed by atoms with Crippen molar-refractivity contribution in [2.45, 2.75) is 34.6 Å². The summed E-state index contributed by atoms with van der Waals surface area (Å²) < 4.78 is 10.00. The lowest BCUT2D eigenvalue weighted by atomic mass is 10.2. The molecular formula is C16H26O3. The first-order valence-corrected chi connectivity index (χ1v) is 6.63. The molecule has 0 spiro atoms. The van der Waals surface area contributed by atoms with Crippen molar-refractivity contribution in [1.29, 1.82) is 0 Å². The molecule has 0 fully saturated rings. The van der Waals surface area contributed by atoms with Crippen molar-refractivity contribution in [1.82, 2.24) is 0 Å². The average molecular weight is 266 g/mol. The Bertz CT molecular complexity index is 340. The van der Waals surface area contributed by atoms with Crippen LogP contribution < -0.4 is 4.74 Å². The van der Waals surface area contributed by atoms with Crippen LogP contribution >= 0.6 is 0 Å². The van der Waals surface area contributed by atoms with Gasteiger partial charge in [0.25, 0.3) is 0 Å². The van der Waals surface area contributed by atoms with Crippen molar-refractivity contribution in [2.24, 2.45) is 0 Å². The first-order chi connectivity index (χ1) is 9.22. The number of carbonyl (C=O) groups is 1. The number of benzene rings is 1. The number of hydrogen-bond acceptors (Lipinski definition) is 3.